The summed E-state index contributed by atoms with van der Waals surface area (Å²) in [5, 5.41) is 0.851. The zero-order valence-corrected chi connectivity index (χ0v) is 27.6. The van der Waals surface area contributed by atoms with Gasteiger partial charge >= 0.3 is 5.97 Å². The first-order valence-corrected chi connectivity index (χ1v) is 15.9. The molecule has 5 aromatic rings. The lowest BCUT2D eigenvalue weighted by atomic mass is 9.92. The Morgan fingerprint density at radius 3 is 2.46 bits per heavy atom. The molecule has 0 saturated carbocycles. The van der Waals surface area contributed by atoms with Gasteiger partial charge in [-0.2, -0.15) is 0 Å². The Morgan fingerprint density at radius 1 is 1.04 bits per heavy atom. The molecule has 0 aliphatic carbocycles. The Bertz CT molecular complexity index is 2220. The van der Waals surface area contributed by atoms with Crippen molar-refractivity contribution in [2.75, 3.05) is 20.8 Å². The lowest BCUT2D eigenvalue weighted by molar-refractivity contribution is -0.138. The third-order valence-electron chi connectivity index (χ3n) is 7.60. The molecule has 0 radical (unpaired) electrons. The lowest BCUT2D eigenvalue weighted by Crippen LogP contribution is -2.40. The van der Waals surface area contributed by atoms with Crippen LogP contribution in [-0.2, 0) is 20.9 Å². The lowest BCUT2D eigenvalue weighted by Gasteiger charge is -2.27. The Labute approximate surface area is 275 Å². The summed E-state index contributed by atoms with van der Waals surface area (Å²) in [4.78, 5) is 45.4. The van der Waals surface area contributed by atoms with E-state index in [4.69, 9.17) is 24.9 Å². The monoisotopic (exact) mass is 700 g/mol. The van der Waals surface area contributed by atoms with Gasteiger partial charge in [-0.05, 0) is 41.1 Å². The molecule has 2 N–H and O–H groups in total. The maximum absolute atomic E-state index is 14.4. The molecule has 0 bridgehead atoms. The summed E-state index contributed by atoms with van der Waals surface area (Å²) in [6, 6.07) is 19.4. The molecule has 3 heterocycles. The van der Waals surface area contributed by atoms with Crippen LogP contribution in [0.2, 0.25) is 0 Å². The van der Waals surface area contributed by atoms with E-state index in [0.717, 1.165) is 16.5 Å². The Morgan fingerprint density at radius 2 is 1.76 bits per heavy atom. The Kier molecular flexibility index (Phi) is 8.65. The van der Waals surface area contributed by atoms with Crippen LogP contribution in [0.15, 0.2) is 92.8 Å². The number of aromatic nitrogens is 2. The fourth-order valence-electron chi connectivity index (χ4n) is 5.66. The van der Waals surface area contributed by atoms with Crippen LogP contribution in [0.5, 0.6) is 11.5 Å². The second-order valence-electron chi connectivity index (χ2n) is 10.4. The van der Waals surface area contributed by atoms with E-state index in [9.17, 15) is 14.4 Å². The average molecular weight is 702 g/mol. The van der Waals surface area contributed by atoms with Crippen LogP contribution in [0.3, 0.4) is 0 Å². The van der Waals surface area contributed by atoms with E-state index in [1.54, 1.807) is 43.0 Å². The van der Waals surface area contributed by atoms with Crippen molar-refractivity contribution in [2.45, 2.75) is 19.5 Å². The van der Waals surface area contributed by atoms with E-state index in [-0.39, 0.29) is 24.3 Å². The SMILES string of the molecule is CCOC(=O)C1=C(c2ccccc2)N=c2s/c(=C\c3cn(CC(N)=O)c4ccccc34)c(=O)n2C1c1cc(Br)c(OC)cc1OC. The molecule has 1 atom stereocenters. The predicted octanol–water partition coefficient (Wildman–Crippen LogP) is 4.16. The number of hydrogen-bond acceptors (Lipinski definition) is 8. The van der Waals surface area contributed by atoms with Gasteiger partial charge in [0.15, 0.2) is 4.80 Å². The summed E-state index contributed by atoms with van der Waals surface area (Å²) >= 11 is 4.77. The molecule has 1 aliphatic rings. The van der Waals surface area contributed by atoms with Crippen LogP contribution in [0.4, 0.5) is 0 Å². The summed E-state index contributed by atoms with van der Waals surface area (Å²) in [5.74, 6) is -0.158. The van der Waals surface area contributed by atoms with Crippen molar-refractivity contribution in [2.24, 2.45) is 10.7 Å². The number of esters is 1. The molecule has 1 aliphatic heterocycles. The summed E-state index contributed by atoms with van der Waals surface area (Å²) < 4.78 is 21.1. The molecule has 46 heavy (non-hydrogen) atoms. The highest BCUT2D eigenvalue weighted by molar-refractivity contribution is 9.10. The van der Waals surface area contributed by atoms with Gasteiger partial charge in [-0.3, -0.25) is 14.2 Å². The van der Waals surface area contributed by atoms with Gasteiger partial charge in [-0.25, -0.2) is 9.79 Å². The van der Waals surface area contributed by atoms with Crippen LogP contribution >= 0.6 is 27.3 Å². The molecule has 6 rings (SSSR count). The molecule has 2 aromatic heterocycles. The number of thiazole rings is 1. The van der Waals surface area contributed by atoms with E-state index in [0.29, 0.717) is 42.1 Å². The summed E-state index contributed by atoms with van der Waals surface area (Å²) in [6.07, 6.45) is 3.58. The van der Waals surface area contributed by atoms with Crippen molar-refractivity contribution in [3.05, 3.63) is 119 Å². The zero-order chi connectivity index (χ0) is 32.5. The van der Waals surface area contributed by atoms with Gasteiger partial charge in [-0.1, -0.05) is 59.9 Å². The minimum Gasteiger partial charge on any atom is -0.496 e. The first kappa shape index (κ1) is 31.1. The van der Waals surface area contributed by atoms with Crippen LogP contribution < -0.4 is 30.1 Å². The minimum atomic E-state index is -0.957. The third kappa shape index (κ3) is 5.54. The molecule has 3 aromatic carbocycles. The van der Waals surface area contributed by atoms with Crippen LogP contribution in [0, 0.1) is 0 Å². The maximum Gasteiger partial charge on any atom is 0.338 e. The molecule has 0 fully saturated rings. The van der Waals surface area contributed by atoms with E-state index in [1.807, 2.05) is 54.6 Å². The van der Waals surface area contributed by atoms with Crippen LogP contribution in [0.1, 0.15) is 29.7 Å². The van der Waals surface area contributed by atoms with Crippen molar-refractivity contribution in [3.63, 3.8) is 0 Å². The third-order valence-corrected chi connectivity index (χ3v) is 9.21. The topological polar surface area (TPSA) is 127 Å². The number of amides is 1. The van der Waals surface area contributed by atoms with Gasteiger partial charge in [0.1, 0.15) is 24.1 Å². The number of primary amides is 1. The van der Waals surface area contributed by atoms with E-state index in [1.165, 1.54) is 23.0 Å². The Hall–Kier alpha value is -4.94. The quantitative estimate of drug-likeness (QED) is 0.230. The van der Waals surface area contributed by atoms with Crippen molar-refractivity contribution < 1.29 is 23.8 Å². The average Bonchev–Trinajstić information content (AvgIpc) is 3.56. The zero-order valence-electron chi connectivity index (χ0n) is 25.2. The number of halogens is 1. The van der Waals surface area contributed by atoms with E-state index >= 15 is 0 Å². The van der Waals surface area contributed by atoms with E-state index in [2.05, 4.69) is 15.9 Å². The molecule has 12 heteroatoms. The summed E-state index contributed by atoms with van der Waals surface area (Å²) in [7, 11) is 3.06. The van der Waals surface area contributed by atoms with Crippen molar-refractivity contribution >= 4 is 61.8 Å². The maximum atomic E-state index is 14.4. The highest BCUT2D eigenvalue weighted by Gasteiger charge is 2.37. The Balaban J connectivity index is 1.68. The summed E-state index contributed by atoms with van der Waals surface area (Å²) in [5.41, 5.74) is 8.51. The fraction of sp³-hybridized carbons (Fsp3) is 0.176. The van der Waals surface area contributed by atoms with Crippen molar-refractivity contribution in [1.29, 1.82) is 0 Å². The summed E-state index contributed by atoms with van der Waals surface area (Å²) in [6.45, 7) is 1.84. The number of rotatable bonds is 9. The minimum absolute atomic E-state index is 0.00885. The smallest absolute Gasteiger partial charge is 0.338 e. The standard InChI is InChI=1S/C34H29BrN4O6S/c1-4-45-33(42)29-30(19-10-6-5-7-11-19)37-34-39(31(29)22-15-23(35)26(44-3)16-25(22)43-2)32(41)27(46-34)14-20-17-38(18-28(36)40)24-13-9-8-12-21(20)24/h5-17,31H,4,18H2,1-3H3,(H2,36,40)/b27-14-. The highest BCUT2D eigenvalue weighted by atomic mass is 79.9. The van der Waals surface area contributed by atoms with Gasteiger partial charge in [0.05, 0.1) is 41.1 Å². The number of benzene rings is 3. The fourth-order valence-corrected chi connectivity index (χ4v) is 7.18. The van der Waals surface area contributed by atoms with Crippen LogP contribution in [-0.4, -0.2) is 41.8 Å². The number of para-hydroxylation sites is 1. The van der Waals surface area contributed by atoms with Gasteiger partial charge < -0.3 is 24.5 Å². The molecule has 1 amide bonds. The number of nitrogens with zero attached hydrogens (tertiary/aromatic N) is 3. The molecular weight excluding hydrogens is 672 g/mol. The van der Waals surface area contributed by atoms with Gasteiger partial charge in [-0.15, -0.1) is 0 Å². The number of nitrogens with two attached hydrogens (primary N) is 1. The van der Waals surface area contributed by atoms with Gasteiger partial charge in [0.25, 0.3) is 5.56 Å². The second kappa shape index (κ2) is 12.8. The number of carbonyl (C=O) groups excluding carboxylic acids is 2. The highest BCUT2D eigenvalue weighted by Crippen LogP contribution is 2.42. The second-order valence-corrected chi connectivity index (χ2v) is 12.2. The molecule has 0 spiro atoms. The van der Waals surface area contributed by atoms with Crippen molar-refractivity contribution in [3.8, 4) is 11.5 Å². The molecular formula is C34H29BrN4O6S. The largest absolute Gasteiger partial charge is 0.496 e. The number of methoxy groups -OCH3 is 2. The molecule has 10 nitrogen and oxygen atoms in total. The van der Waals surface area contributed by atoms with Crippen molar-refractivity contribution in [1.82, 2.24) is 9.13 Å². The van der Waals surface area contributed by atoms with Gasteiger partial charge in [0, 0.05) is 39.9 Å². The number of fused-ring (bicyclic) bond motifs is 2. The van der Waals surface area contributed by atoms with E-state index < -0.39 is 17.9 Å². The number of hydrogen-bond donors (Lipinski definition) is 1. The molecule has 234 valence electrons. The molecule has 0 saturated heterocycles. The predicted molar refractivity (Wildman–Crippen MR) is 179 cm³/mol. The normalized spacial score (nSPS) is 14.6. The first-order valence-electron chi connectivity index (χ1n) is 14.3. The number of carbonyl (C=O) groups is 2. The number of ether oxygens (including phenoxy) is 3. The van der Waals surface area contributed by atoms with Gasteiger partial charge in [0.2, 0.25) is 5.91 Å². The van der Waals surface area contributed by atoms with Crippen LogP contribution in [0.25, 0.3) is 22.7 Å². The first-order chi connectivity index (χ1) is 22.2. The molecule has 1 unspecified atom stereocenters.